The molecule has 31 heavy (non-hydrogen) atoms. The van der Waals surface area contributed by atoms with Gasteiger partial charge in [0.25, 0.3) is 0 Å². The fourth-order valence-corrected chi connectivity index (χ4v) is 4.76. The largest absolute Gasteiger partial charge is 0.352 e. The predicted molar refractivity (Wildman–Crippen MR) is 126 cm³/mol. The van der Waals surface area contributed by atoms with Crippen molar-refractivity contribution in [1.29, 1.82) is 0 Å². The zero-order valence-corrected chi connectivity index (χ0v) is 18.4. The van der Waals surface area contributed by atoms with Gasteiger partial charge in [0.2, 0.25) is 5.91 Å². The molecule has 2 fully saturated rings. The summed E-state index contributed by atoms with van der Waals surface area (Å²) in [7, 11) is 0. The first-order valence-corrected chi connectivity index (χ1v) is 11.1. The van der Waals surface area contributed by atoms with Gasteiger partial charge in [0.15, 0.2) is 0 Å². The Balaban J connectivity index is 1.52. The minimum Gasteiger partial charge on any atom is -0.352 e. The van der Waals surface area contributed by atoms with Gasteiger partial charge in [-0.25, -0.2) is 9.97 Å². The van der Waals surface area contributed by atoms with Crippen molar-refractivity contribution in [3.63, 3.8) is 0 Å². The third-order valence-corrected chi connectivity index (χ3v) is 6.95. The number of anilines is 1. The van der Waals surface area contributed by atoms with Crippen LogP contribution in [0.3, 0.4) is 0 Å². The molecule has 2 aromatic carbocycles. The van der Waals surface area contributed by atoms with Crippen LogP contribution < -0.4 is 4.90 Å². The number of carbonyl (C=O) groups is 1. The molecule has 0 atom stereocenters. The van der Waals surface area contributed by atoms with Gasteiger partial charge in [-0.3, -0.25) is 4.79 Å². The highest BCUT2D eigenvalue weighted by molar-refractivity contribution is 6.34. The van der Waals surface area contributed by atoms with E-state index < -0.39 is 0 Å². The Hall–Kier alpha value is -2.92. The smallest absolute Gasteiger partial charge is 0.246 e. The molecule has 2 aliphatic rings. The topological polar surface area (TPSA) is 49.3 Å². The third-order valence-electron chi connectivity index (χ3n) is 6.64. The quantitative estimate of drug-likeness (QED) is 0.554. The molecule has 6 heteroatoms. The number of amides is 1. The number of carbonyl (C=O) groups excluding carboxylic acids is 1. The summed E-state index contributed by atoms with van der Waals surface area (Å²) in [5, 5.41) is 1.65. The lowest BCUT2D eigenvalue weighted by molar-refractivity contribution is -0.126. The van der Waals surface area contributed by atoms with Gasteiger partial charge in [-0.15, -0.1) is 0 Å². The van der Waals surface area contributed by atoms with Crippen LogP contribution in [0.1, 0.15) is 25.3 Å². The Morgan fingerprint density at radius 1 is 1.10 bits per heavy atom. The second-order valence-electron chi connectivity index (χ2n) is 8.67. The van der Waals surface area contributed by atoms with Crippen LogP contribution in [0.5, 0.6) is 0 Å². The summed E-state index contributed by atoms with van der Waals surface area (Å²) in [6, 6.07) is 12.6. The Labute approximate surface area is 187 Å². The number of hydrogen-bond acceptors (Lipinski definition) is 4. The molecule has 0 unspecified atom stereocenters. The van der Waals surface area contributed by atoms with Crippen LogP contribution >= 0.6 is 11.6 Å². The van der Waals surface area contributed by atoms with Crippen LogP contribution in [0.25, 0.3) is 22.0 Å². The number of hydrogen-bond donors (Lipinski definition) is 0. The van der Waals surface area contributed by atoms with E-state index in [4.69, 9.17) is 11.6 Å². The Bertz CT molecular complexity index is 1180. The number of rotatable bonds is 4. The van der Waals surface area contributed by atoms with E-state index in [-0.39, 0.29) is 11.3 Å². The molecule has 0 N–H and O–H groups in total. The van der Waals surface area contributed by atoms with E-state index in [2.05, 4.69) is 58.7 Å². The van der Waals surface area contributed by atoms with Crippen LogP contribution in [0, 0.1) is 0 Å². The van der Waals surface area contributed by atoms with Gasteiger partial charge >= 0.3 is 0 Å². The summed E-state index contributed by atoms with van der Waals surface area (Å²) < 4.78 is 0. The van der Waals surface area contributed by atoms with Crippen LogP contribution in [0.4, 0.5) is 5.82 Å². The van der Waals surface area contributed by atoms with Gasteiger partial charge < -0.3 is 9.80 Å². The minimum atomic E-state index is -0.0251. The van der Waals surface area contributed by atoms with E-state index in [0.717, 1.165) is 22.3 Å². The van der Waals surface area contributed by atoms with Crippen molar-refractivity contribution in [1.82, 2.24) is 14.9 Å². The maximum Gasteiger partial charge on any atom is 0.246 e. The van der Waals surface area contributed by atoms with Crippen molar-refractivity contribution in [2.24, 2.45) is 0 Å². The summed E-state index contributed by atoms with van der Waals surface area (Å²) in [5.74, 6) is 0.842. The minimum absolute atomic E-state index is 0.0251. The number of piperazine rings is 1. The van der Waals surface area contributed by atoms with Gasteiger partial charge in [-0.2, -0.15) is 0 Å². The molecular formula is C25H25ClN4O. The zero-order chi connectivity index (χ0) is 21.6. The first kappa shape index (κ1) is 20.0. The van der Waals surface area contributed by atoms with E-state index in [9.17, 15) is 4.79 Å². The Morgan fingerprint density at radius 3 is 2.55 bits per heavy atom. The zero-order valence-electron chi connectivity index (χ0n) is 17.6. The Kier molecular flexibility index (Phi) is 4.94. The number of fused-ring (bicyclic) bond motifs is 1. The van der Waals surface area contributed by atoms with Crippen molar-refractivity contribution in [2.75, 3.05) is 31.1 Å². The van der Waals surface area contributed by atoms with Crippen LogP contribution in [0.2, 0.25) is 5.02 Å². The molecule has 1 saturated heterocycles. The fraction of sp³-hybridized carbons (Fsp3) is 0.320. The van der Waals surface area contributed by atoms with E-state index >= 15 is 0 Å². The van der Waals surface area contributed by atoms with E-state index in [1.807, 2.05) is 11.0 Å². The maximum atomic E-state index is 11.9. The average Bonchev–Trinajstić information content (AvgIpc) is 3.56. The summed E-state index contributed by atoms with van der Waals surface area (Å²) >= 11 is 6.84. The van der Waals surface area contributed by atoms with E-state index in [1.54, 1.807) is 6.33 Å². The van der Waals surface area contributed by atoms with Crippen LogP contribution in [0.15, 0.2) is 55.4 Å². The van der Waals surface area contributed by atoms with Gasteiger partial charge in [-0.1, -0.05) is 49.4 Å². The standard InChI is InChI=1S/C25H25ClN4O/c1-3-23(31)29-10-12-30(13-11-29)24-19-14-21(26)18(15-22(19)27-16-28-24)17-6-4-5-7-20(17)25(2)8-9-25/h3-7,14-16H,1,8-13H2,2H3. The average molecular weight is 433 g/mol. The SMILES string of the molecule is C=CC(=O)N1CCN(c2ncnc3cc(-c4ccccc4C4(C)CC4)c(Cl)cc23)CC1. The molecule has 0 radical (unpaired) electrons. The summed E-state index contributed by atoms with van der Waals surface area (Å²) in [5.41, 5.74) is 4.68. The monoisotopic (exact) mass is 432 g/mol. The highest BCUT2D eigenvalue weighted by atomic mass is 35.5. The number of benzene rings is 2. The number of halogens is 1. The van der Waals surface area contributed by atoms with Gasteiger partial charge in [0.1, 0.15) is 12.1 Å². The van der Waals surface area contributed by atoms with Crippen molar-refractivity contribution in [3.8, 4) is 11.1 Å². The first-order chi connectivity index (χ1) is 15.0. The molecule has 3 aromatic rings. The highest BCUT2D eigenvalue weighted by Gasteiger charge is 2.40. The van der Waals surface area contributed by atoms with Crippen molar-refractivity contribution in [2.45, 2.75) is 25.2 Å². The fourth-order valence-electron chi connectivity index (χ4n) is 4.49. The van der Waals surface area contributed by atoms with Gasteiger partial charge in [0, 0.05) is 42.2 Å². The Morgan fingerprint density at radius 2 is 1.84 bits per heavy atom. The summed E-state index contributed by atoms with van der Waals surface area (Å²) in [6.07, 6.45) is 5.41. The first-order valence-electron chi connectivity index (χ1n) is 10.7. The molecule has 1 saturated carbocycles. The van der Waals surface area contributed by atoms with Crippen LogP contribution in [-0.4, -0.2) is 47.0 Å². The molecule has 5 nitrogen and oxygen atoms in total. The molecule has 0 spiro atoms. The van der Waals surface area contributed by atoms with E-state index in [1.165, 1.54) is 30.0 Å². The molecule has 5 rings (SSSR count). The normalized spacial score (nSPS) is 17.6. The van der Waals surface area contributed by atoms with Crippen molar-refractivity contribution < 1.29 is 4.79 Å². The molecule has 0 bridgehead atoms. The molecule has 1 aliphatic heterocycles. The highest BCUT2D eigenvalue weighted by Crippen LogP contribution is 2.51. The lowest BCUT2D eigenvalue weighted by Crippen LogP contribution is -2.48. The second kappa shape index (κ2) is 7.65. The molecular weight excluding hydrogens is 408 g/mol. The van der Waals surface area contributed by atoms with Crippen molar-refractivity contribution >= 4 is 34.2 Å². The van der Waals surface area contributed by atoms with Gasteiger partial charge in [0.05, 0.1) is 5.52 Å². The molecule has 1 aliphatic carbocycles. The molecule has 1 amide bonds. The number of aromatic nitrogens is 2. The van der Waals surface area contributed by atoms with E-state index in [0.29, 0.717) is 31.2 Å². The molecule has 2 heterocycles. The summed E-state index contributed by atoms with van der Waals surface area (Å²) in [4.78, 5) is 25.0. The second-order valence-corrected chi connectivity index (χ2v) is 9.08. The number of nitrogens with zero attached hydrogens (tertiary/aromatic N) is 4. The third kappa shape index (κ3) is 3.57. The molecule has 158 valence electrons. The lowest BCUT2D eigenvalue weighted by Gasteiger charge is -2.35. The van der Waals surface area contributed by atoms with Crippen LogP contribution in [-0.2, 0) is 10.2 Å². The van der Waals surface area contributed by atoms with Crippen molar-refractivity contribution in [3.05, 3.63) is 66.0 Å². The van der Waals surface area contributed by atoms with Gasteiger partial charge in [-0.05, 0) is 47.6 Å². The maximum absolute atomic E-state index is 11.9. The molecule has 1 aromatic heterocycles. The summed E-state index contributed by atoms with van der Waals surface area (Å²) in [6.45, 7) is 8.62. The predicted octanol–water partition coefficient (Wildman–Crippen LogP) is 4.84. The lowest BCUT2D eigenvalue weighted by atomic mass is 9.89.